The Labute approximate surface area is 74.3 Å². The van der Waals surface area contributed by atoms with E-state index in [0.717, 1.165) is 18.2 Å². The Morgan fingerprint density at radius 2 is 1.92 bits per heavy atom. The van der Waals surface area contributed by atoms with Gasteiger partial charge in [-0.15, -0.1) is 0 Å². The zero-order valence-corrected chi connectivity index (χ0v) is 7.15. The number of aromatic hydroxyl groups is 2. The summed E-state index contributed by atoms with van der Waals surface area (Å²) in [5.41, 5.74) is 0. The predicted octanol–water partition coefficient (Wildman–Crippen LogP) is -0.323. The highest BCUT2D eigenvalue weighted by Crippen LogP contribution is 2.26. The van der Waals surface area contributed by atoms with Crippen LogP contribution in [0.2, 0.25) is 0 Å². The van der Waals surface area contributed by atoms with Crippen LogP contribution in [0.3, 0.4) is 0 Å². The molecule has 0 atom stereocenters. The molecule has 0 bridgehead atoms. The Morgan fingerprint density at radius 1 is 1.31 bits per heavy atom. The molecule has 0 aliphatic heterocycles. The van der Waals surface area contributed by atoms with Crippen LogP contribution in [0, 0.1) is 0 Å². The van der Waals surface area contributed by atoms with Crippen molar-refractivity contribution in [3.05, 3.63) is 18.2 Å². The molecule has 0 unspecified atom stereocenters. The number of phenols is 2. The van der Waals surface area contributed by atoms with Crippen molar-refractivity contribution >= 4 is 10.1 Å². The fourth-order valence-corrected chi connectivity index (χ4v) is 1.45. The van der Waals surface area contributed by atoms with E-state index in [2.05, 4.69) is 10.2 Å². The molecular formula is C6H7NO5S. The highest BCUT2D eigenvalue weighted by atomic mass is 32.2. The third kappa shape index (κ3) is 1.89. The third-order valence-corrected chi connectivity index (χ3v) is 2.46. The topological polar surface area (TPSA) is 110 Å². The summed E-state index contributed by atoms with van der Waals surface area (Å²) in [4.78, 5) is -0.574. The van der Waals surface area contributed by atoms with Crippen LogP contribution in [-0.4, -0.2) is 18.6 Å². The van der Waals surface area contributed by atoms with Gasteiger partial charge in [0.05, 0.1) is 0 Å². The second-order valence-corrected chi connectivity index (χ2v) is 3.74. The van der Waals surface area contributed by atoms with Crippen LogP contribution in [-0.2, 0) is 14.4 Å². The molecule has 0 heterocycles. The Morgan fingerprint density at radius 3 is 2.46 bits per heavy atom. The summed E-state index contributed by atoms with van der Waals surface area (Å²) >= 11 is 0. The Balaban J connectivity index is 3.38. The molecule has 0 radical (unpaired) electrons. The monoisotopic (exact) mass is 205 g/mol. The van der Waals surface area contributed by atoms with E-state index in [9.17, 15) is 8.42 Å². The molecule has 0 saturated carbocycles. The summed E-state index contributed by atoms with van der Waals surface area (Å²) in [6, 6.07) is 2.98. The average molecular weight is 205 g/mol. The maximum Gasteiger partial charge on any atom is 0.316 e. The molecule has 13 heavy (non-hydrogen) atoms. The summed E-state index contributed by atoms with van der Waals surface area (Å²) in [5.74, 6) is 3.63. The van der Waals surface area contributed by atoms with Gasteiger partial charge < -0.3 is 10.2 Å². The molecule has 7 heteroatoms. The SMILES string of the molecule is NOS(=O)(=O)c1cc(O)ccc1O. The molecule has 4 N–H and O–H groups in total. The molecule has 0 aliphatic rings. The van der Waals surface area contributed by atoms with Crippen molar-refractivity contribution in [3.63, 3.8) is 0 Å². The highest BCUT2D eigenvalue weighted by molar-refractivity contribution is 7.86. The van der Waals surface area contributed by atoms with E-state index in [4.69, 9.17) is 10.2 Å². The van der Waals surface area contributed by atoms with Crippen LogP contribution in [0.15, 0.2) is 23.1 Å². The smallest absolute Gasteiger partial charge is 0.316 e. The Hall–Kier alpha value is -1.31. The molecular weight excluding hydrogens is 198 g/mol. The van der Waals surface area contributed by atoms with Gasteiger partial charge in [0.25, 0.3) is 0 Å². The van der Waals surface area contributed by atoms with Crippen molar-refractivity contribution in [1.82, 2.24) is 0 Å². The van der Waals surface area contributed by atoms with Gasteiger partial charge in [-0.25, -0.2) is 0 Å². The second-order valence-electron chi connectivity index (χ2n) is 2.20. The van der Waals surface area contributed by atoms with Gasteiger partial charge in [-0.3, -0.25) is 0 Å². The summed E-state index contributed by atoms with van der Waals surface area (Å²) < 4.78 is 25.6. The minimum atomic E-state index is -4.18. The van der Waals surface area contributed by atoms with Crippen molar-refractivity contribution in [1.29, 1.82) is 0 Å². The molecule has 0 saturated heterocycles. The number of benzene rings is 1. The van der Waals surface area contributed by atoms with E-state index in [-0.39, 0.29) is 5.75 Å². The van der Waals surface area contributed by atoms with Crippen LogP contribution in [0.1, 0.15) is 0 Å². The first kappa shape index (κ1) is 9.78. The lowest BCUT2D eigenvalue weighted by atomic mass is 10.3. The standard InChI is InChI=1S/C6H7NO5S/c7-12-13(10,11)6-3-4(8)1-2-5(6)9/h1-3,8-9H,7H2. The van der Waals surface area contributed by atoms with Gasteiger partial charge in [0.1, 0.15) is 16.4 Å². The molecule has 0 aliphatic carbocycles. The molecule has 0 fully saturated rings. The van der Waals surface area contributed by atoms with E-state index in [1.54, 1.807) is 0 Å². The van der Waals surface area contributed by atoms with Gasteiger partial charge in [-0.1, -0.05) is 0 Å². The maximum atomic E-state index is 11.0. The van der Waals surface area contributed by atoms with Gasteiger partial charge in [0, 0.05) is 6.07 Å². The van der Waals surface area contributed by atoms with Gasteiger partial charge >= 0.3 is 10.1 Å². The molecule has 1 aromatic carbocycles. The Bertz CT molecular complexity index is 413. The predicted molar refractivity (Wildman–Crippen MR) is 42.2 cm³/mol. The quantitative estimate of drug-likeness (QED) is 0.450. The summed E-state index contributed by atoms with van der Waals surface area (Å²) in [7, 11) is -4.18. The minimum absolute atomic E-state index is 0.312. The van der Waals surface area contributed by atoms with Crippen LogP contribution >= 0.6 is 0 Å². The lowest BCUT2D eigenvalue weighted by Gasteiger charge is -2.03. The van der Waals surface area contributed by atoms with E-state index in [0.29, 0.717) is 0 Å². The fraction of sp³-hybridized carbons (Fsp3) is 0. The average Bonchev–Trinajstić information content (AvgIpc) is 2.09. The van der Waals surface area contributed by atoms with Crippen molar-refractivity contribution in [2.75, 3.05) is 0 Å². The molecule has 0 amide bonds. The van der Waals surface area contributed by atoms with Crippen molar-refractivity contribution in [2.45, 2.75) is 4.90 Å². The van der Waals surface area contributed by atoms with Crippen LogP contribution in [0.5, 0.6) is 11.5 Å². The van der Waals surface area contributed by atoms with Gasteiger partial charge in [0.2, 0.25) is 0 Å². The third-order valence-electron chi connectivity index (χ3n) is 1.34. The summed E-state index contributed by atoms with van der Waals surface area (Å²) in [5, 5.41) is 18.0. The number of rotatable bonds is 2. The Kier molecular flexibility index (Phi) is 2.41. The first-order chi connectivity index (χ1) is 5.97. The zero-order valence-electron chi connectivity index (χ0n) is 6.34. The van der Waals surface area contributed by atoms with Crippen molar-refractivity contribution in [2.24, 2.45) is 5.90 Å². The molecule has 1 rings (SSSR count). The van der Waals surface area contributed by atoms with Crippen LogP contribution in [0.4, 0.5) is 0 Å². The normalized spacial score (nSPS) is 11.5. The van der Waals surface area contributed by atoms with Crippen molar-refractivity contribution < 1.29 is 22.9 Å². The summed E-state index contributed by atoms with van der Waals surface area (Å²) in [6.45, 7) is 0. The van der Waals surface area contributed by atoms with Crippen LogP contribution < -0.4 is 5.90 Å². The first-order valence-corrected chi connectivity index (χ1v) is 4.53. The molecule has 6 nitrogen and oxygen atoms in total. The lowest BCUT2D eigenvalue weighted by Crippen LogP contribution is -2.11. The number of hydrogen-bond donors (Lipinski definition) is 3. The van der Waals surface area contributed by atoms with Gasteiger partial charge in [-0.2, -0.15) is 18.6 Å². The van der Waals surface area contributed by atoms with E-state index in [1.165, 1.54) is 0 Å². The molecule has 0 spiro atoms. The van der Waals surface area contributed by atoms with E-state index in [1.807, 2.05) is 0 Å². The largest absolute Gasteiger partial charge is 0.508 e. The number of nitrogens with two attached hydrogens (primary N) is 1. The van der Waals surface area contributed by atoms with E-state index < -0.39 is 20.8 Å². The van der Waals surface area contributed by atoms with E-state index >= 15 is 0 Å². The zero-order chi connectivity index (χ0) is 10.1. The van der Waals surface area contributed by atoms with Gasteiger partial charge in [0.15, 0.2) is 0 Å². The first-order valence-electron chi connectivity index (χ1n) is 3.13. The second kappa shape index (κ2) is 3.21. The highest BCUT2D eigenvalue weighted by Gasteiger charge is 2.19. The van der Waals surface area contributed by atoms with Gasteiger partial charge in [-0.05, 0) is 12.1 Å². The molecule has 1 aromatic rings. The van der Waals surface area contributed by atoms with Crippen molar-refractivity contribution in [3.8, 4) is 11.5 Å². The number of phenolic OH excluding ortho intramolecular Hbond substituents is 2. The summed E-state index contributed by atoms with van der Waals surface area (Å²) in [6.07, 6.45) is 0. The van der Waals surface area contributed by atoms with Crippen LogP contribution in [0.25, 0.3) is 0 Å². The fourth-order valence-electron chi connectivity index (χ4n) is 0.755. The lowest BCUT2D eigenvalue weighted by molar-refractivity contribution is 0.329. The number of hydrogen-bond acceptors (Lipinski definition) is 6. The molecule has 72 valence electrons. The molecule has 0 aromatic heterocycles. The maximum absolute atomic E-state index is 11.0. The minimum Gasteiger partial charge on any atom is -0.508 e.